The van der Waals surface area contributed by atoms with Gasteiger partial charge in [0.05, 0.1) is 23.1 Å². The minimum absolute atomic E-state index is 0.200. The molecule has 1 fully saturated rings. The number of rotatable bonds is 2. The number of nitrogens with one attached hydrogen (secondary N) is 2. The molecule has 5 nitrogen and oxygen atoms in total. The third-order valence-electron chi connectivity index (χ3n) is 3.22. The van der Waals surface area contributed by atoms with Crippen LogP contribution in [0.3, 0.4) is 0 Å². The lowest BCUT2D eigenvalue weighted by Crippen LogP contribution is -2.40. The summed E-state index contributed by atoms with van der Waals surface area (Å²) in [5, 5.41) is 18.6. The van der Waals surface area contributed by atoms with Gasteiger partial charge in [0.15, 0.2) is 0 Å². The van der Waals surface area contributed by atoms with Crippen LogP contribution in [0, 0.1) is 30.6 Å². The Hall–Kier alpha value is -1.83. The summed E-state index contributed by atoms with van der Waals surface area (Å²) in [6, 6.07) is 2.12. The highest BCUT2D eigenvalue weighted by Gasteiger charge is 2.44. The average Bonchev–Trinajstić information content (AvgIpc) is 2.49. The van der Waals surface area contributed by atoms with E-state index >= 15 is 0 Å². The van der Waals surface area contributed by atoms with Gasteiger partial charge in [-0.15, -0.1) is 0 Å². The number of carbonyl (C=O) groups excluding carboxylic acids is 1. The Labute approximate surface area is 93.8 Å². The van der Waals surface area contributed by atoms with Crippen molar-refractivity contribution in [1.29, 1.82) is 5.26 Å². The highest BCUT2D eigenvalue weighted by Crippen LogP contribution is 2.41. The zero-order valence-corrected chi connectivity index (χ0v) is 9.42. The molecule has 2 rings (SSSR count). The third kappa shape index (κ3) is 1.47. The van der Waals surface area contributed by atoms with Crippen LogP contribution < -0.4 is 5.32 Å². The lowest BCUT2D eigenvalue weighted by molar-refractivity contribution is -0.126. The van der Waals surface area contributed by atoms with E-state index in [-0.39, 0.29) is 5.91 Å². The SMILES string of the molecule is Cc1n[nH]c(C)c1NC(=O)C1(C#N)CCC1. The number of H-pyrrole nitrogens is 1. The number of hydrogen-bond donors (Lipinski definition) is 2. The van der Waals surface area contributed by atoms with E-state index in [4.69, 9.17) is 5.26 Å². The first-order valence-corrected chi connectivity index (χ1v) is 5.33. The molecule has 0 atom stereocenters. The molecular formula is C11H14N4O. The number of carbonyl (C=O) groups is 1. The van der Waals surface area contributed by atoms with Gasteiger partial charge in [0.25, 0.3) is 0 Å². The van der Waals surface area contributed by atoms with Crippen LogP contribution in [0.5, 0.6) is 0 Å². The first kappa shape index (κ1) is 10.7. The smallest absolute Gasteiger partial charge is 0.244 e. The predicted molar refractivity (Wildman–Crippen MR) is 58.6 cm³/mol. The Balaban J connectivity index is 2.17. The second-order valence-corrected chi connectivity index (χ2v) is 4.31. The summed E-state index contributed by atoms with van der Waals surface area (Å²) in [4.78, 5) is 12.0. The molecule has 1 saturated carbocycles. The number of anilines is 1. The van der Waals surface area contributed by atoms with E-state index in [0.29, 0.717) is 18.5 Å². The van der Waals surface area contributed by atoms with E-state index in [0.717, 1.165) is 17.8 Å². The third-order valence-corrected chi connectivity index (χ3v) is 3.22. The van der Waals surface area contributed by atoms with Crippen molar-refractivity contribution >= 4 is 11.6 Å². The fraction of sp³-hybridized carbons (Fsp3) is 0.545. The molecule has 0 aliphatic heterocycles. The molecule has 1 heterocycles. The van der Waals surface area contributed by atoms with Crippen LogP contribution in [0.25, 0.3) is 0 Å². The maximum absolute atomic E-state index is 12.0. The Kier molecular flexibility index (Phi) is 2.43. The van der Waals surface area contributed by atoms with Gasteiger partial charge in [-0.05, 0) is 33.1 Å². The Morgan fingerprint density at radius 2 is 2.25 bits per heavy atom. The van der Waals surface area contributed by atoms with Crippen LogP contribution in [0.1, 0.15) is 30.7 Å². The van der Waals surface area contributed by atoms with Crippen molar-refractivity contribution in [3.8, 4) is 6.07 Å². The highest BCUT2D eigenvalue weighted by molar-refractivity contribution is 5.98. The van der Waals surface area contributed by atoms with E-state index in [1.54, 1.807) is 0 Å². The molecule has 0 bridgehead atoms. The number of aromatic nitrogens is 2. The van der Waals surface area contributed by atoms with Crippen molar-refractivity contribution in [3.05, 3.63) is 11.4 Å². The van der Waals surface area contributed by atoms with Gasteiger partial charge in [-0.25, -0.2) is 0 Å². The minimum Gasteiger partial charge on any atom is -0.322 e. The molecule has 1 aliphatic rings. The normalized spacial score (nSPS) is 17.3. The summed E-state index contributed by atoms with van der Waals surface area (Å²) in [7, 11) is 0. The van der Waals surface area contributed by atoms with E-state index in [9.17, 15) is 4.79 Å². The van der Waals surface area contributed by atoms with Crippen molar-refractivity contribution in [2.45, 2.75) is 33.1 Å². The van der Waals surface area contributed by atoms with E-state index in [1.165, 1.54) is 0 Å². The number of nitrogens with zero attached hydrogens (tertiary/aromatic N) is 2. The van der Waals surface area contributed by atoms with Crippen molar-refractivity contribution < 1.29 is 4.79 Å². The van der Waals surface area contributed by atoms with Crippen LogP contribution in [0.15, 0.2) is 0 Å². The molecule has 1 amide bonds. The minimum atomic E-state index is -0.809. The van der Waals surface area contributed by atoms with Gasteiger partial charge in [0, 0.05) is 0 Å². The number of aryl methyl sites for hydroxylation is 2. The summed E-state index contributed by atoms with van der Waals surface area (Å²) in [6.45, 7) is 3.66. The molecule has 0 saturated heterocycles. The van der Waals surface area contributed by atoms with Crippen LogP contribution in [-0.4, -0.2) is 16.1 Å². The molecule has 0 spiro atoms. The quantitative estimate of drug-likeness (QED) is 0.792. The first-order valence-electron chi connectivity index (χ1n) is 5.33. The van der Waals surface area contributed by atoms with Gasteiger partial charge in [-0.1, -0.05) is 0 Å². The van der Waals surface area contributed by atoms with E-state index < -0.39 is 5.41 Å². The maximum Gasteiger partial charge on any atom is 0.244 e. The molecule has 0 aromatic carbocycles. The second kappa shape index (κ2) is 3.63. The Morgan fingerprint density at radius 1 is 1.56 bits per heavy atom. The standard InChI is InChI=1S/C11H14N4O/c1-7-9(8(2)15-14-7)13-10(16)11(6-12)4-3-5-11/h3-5H2,1-2H3,(H,13,16)(H,14,15). The molecule has 16 heavy (non-hydrogen) atoms. The number of amides is 1. The maximum atomic E-state index is 12.0. The lowest BCUT2D eigenvalue weighted by atomic mass is 9.69. The monoisotopic (exact) mass is 218 g/mol. The molecular weight excluding hydrogens is 204 g/mol. The highest BCUT2D eigenvalue weighted by atomic mass is 16.2. The average molecular weight is 218 g/mol. The fourth-order valence-electron chi connectivity index (χ4n) is 1.89. The van der Waals surface area contributed by atoms with Gasteiger partial charge >= 0.3 is 0 Å². The Bertz CT molecular complexity index is 445. The fourth-order valence-corrected chi connectivity index (χ4v) is 1.89. The zero-order chi connectivity index (χ0) is 11.8. The zero-order valence-electron chi connectivity index (χ0n) is 9.42. The summed E-state index contributed by atoms with van der Waals surface area (Å²) in [6.07, 6.45) is 2.26. The van der Waals surface area contributed by atoms with Crippen molar-refractivity contribution in [2.75, 3.05) is 5.32 Å². The number of aromatic amines is 1. The number of nitriles is 1. The first-order chi connectivity index (χ1) is 7.59. The van der Waals surface area contributed by atoms with Gasteiger partial charge in [-0.2, -0.15) is 10.4 Å². The van der Waals surface area contributed by atoms with Crippen molar-refractivity contribution in [2.24, 2.45) is 5.41 Å². The van der Waals surface area contributed by atoms with Gasteiger partial charge in [-0.3, -0.25) is 9.89 Å². The van der Waals surface area contributed by atoms with Crippen LogP contribution in [0.2, 0.25) is 0 Å². The summed E-state index contributed by atoms with van der Waals surface area (Å²) in [5.41, 5.74) is 1.46. The van der Waals surface area contributed by atoms with Crippen LogP contribution in [-0.2, 0) is 4.79 Å². The molecule has 1 aliphatic carbocycles. The van der Waals surface area contributed by atoms with Gasteiger partial charge < -0.3 is 5.32 Å². The topological polar surface area (TPSA) is 81.6 Å². The number of hydrogen-bond acceptors (Lipinski definition) is 3. The van der Waals surface area contributed by atoms with Gasteiger partial charge in [0.1, 0.15) is 5.41 Å². The lowest BCUT2D eigenvalue weighted by Gasteiger charge is -2.33. The molecule has 1 aromatic heterocycles. The van der Waals surface area contributed by atoms with Crippen LogP contribution >= 0.6 is 0 Å². The Morgan fingerprint density at radius 3 is 2.62 bits per heavy atom. The predicted octanol–water partition coefficient (Wildman–Crippen LogP) is 1.66. The van der Waals surface area contributed by atoms with Gasteiger partial charge in [0.2, 0.25) is 5.91 Å². The molecule has 2 N–H and O–H groups in total. The summed E-state index contributed by atoms with van der Waals surface area (Å²) >= 11 is 0. The van der Waals surface area contributed by atoms with Crippen molar-refractivity contribution in [1.82, 2.24) is 10.2 Å². The van der Waals surface area contributed by atoms with Crippen LogP contribution in [0.4, 0.5) is 5.69 Å². The summed E-state index contributed by atoms with van der Waals surface area (Å²) < 4.78 is 0. The van der Waals surface area contributed by atoms with E-state index in [1.807, 2.05) is 13.8 Å². The van der Waals surface area contributed by atoms with E-state index in [2.05, 4.69) is 21.6 Å². The van der Waals surface area contributed by atoms with Crippen molar-refractivity contribution in [3.63, 3.8) is 0 Å². The summed E-state index contributed by atoms with van der Waals surface area (Å²) in [5.74, 6) is -0.200. The second-order valence-electron chi connectivity index (χ2n) is 4.31. The molecule has 0 radical (unpaired) electrons. The molecule has 0 unspecified atom stereocenters. The molecule has 5 heteroatoms. The largest absolute Gasteiger partial charge is 0.322 e. The molecule has 1 aromatic rings. The molecule has 84 valence electrons.